The van der Waals surface area contributed by atoms with Crippen molar-refractivity contribution in [2.24, 2.45) is 0 Å². The van der Waals surface area contributed by atoms with Crippen LogP contribution in [-0.4, -0.2) is 32.4 Å². The second-order valence-electron chi connectivity index (χ2n) is 7.35. The van der Waals surface area contributed by atoms with E-state index in [1.165, 1.54) is 0 Å². The Morgan fingerprint density at radius 3 is 2.61 bits per heavy atom. The first-order valence-electron chi connectivity index (χ1n) is 10.2. The van der Waals surface area contributed by atoms with Crippen molar-refractivity contribution in [1.82, 2.24) is 15.0 Å². The predicted molar refractivity (Wildman–Crippen MR) is 119 cm³/mol. The summed E-state index contributed by atoms with van der Waals surface area (Å²) >= 11 is 0. The van der Waals surface area contributed by atoms with Crippen LogP contribution in [0.25, 0.3) is 11.3 Å². The molecular formula is C23H27N3O4S. The monoisotopic (exact) mass is 441 g/mol. The predicted octanol–water partition coefficient (Wildman–Crippen LogP) is 3.38. The second kappa shape index (κ2) is 10.4. The summed E-state index contributed by atoms with van der Waals surface area (Å²) < 4.78 is 33.1. The number of carbonyl (C=O) groups is 1. The number of hydrogen-bond donors (Lipinski definition) is 2. The number of rotatable bonds is 10. The molecule has 0 aliphatic carbocycles. The quantitative estimate of drug-likeness (QED) is 0.470. The van der Waals surface area contributed by atoms with Gasteiger partial charge in [0.25, 0.3) is 0 Å². The van der Waals surface area contributed by atoms with E-state index in [4.69, 9.17) is 4.42 Å². The van der Waals surface area contributed by atoms with Crippen LogP contribution in [0, 0.1) is 13.8 Å². The van der Waals surface area contributed by atoms with Crippen molar-refractivity contribution in [3.8, 4) is 11.3 Å². The Hall–Kier alpha value is -2.97. The molecular weight excluding hydrogens is 414 g/mol. The number of nitrogens with one attached hydrogen (secondary N) is 2. The second-order valence-corrected chi connectivity index (χ2v) is 9.09. The van der Waals surface area contributed by atoms with Crippen molar-refractivity contribution >= 4 is 15.9 Å². The Kier molecular flexibility index (Phi) is 7.59. The van der Waals surface area contributed by atoms with E-state index in [9.17, 15) is 13.2 Å². The van der Waals surface area contributed by atoms with Crippen molar-refractivity contribution in [3.63, 3.8) is 0 Å². The molecule has 0 unspecified atom stereocenters. The lowest BCUT2D eigenvalue weighted by Crippen LogP contribution is -2.34. The third kappa shape index (κ3) is 6.50. The average Bonchev–Trinajstić information content (AvgIpc) is 3.22. The maximum absolute atomic E-state index is 12.4. The summed E-state index contributed by atoms with van der Waals surface area (Å²) in [7, 11) is -3.61. The summed E-state index contributed by atoms with van der Waals surface area (Å²) in [6.07, 6.45) is 3.15. The fraction of sp³-hybridized carbons (Fsp3) is 0.304. The van der Waals surface area contributed by atoms with E-state index in [1.54, 1.807) is 25.3 Å². The molecule has 0 radical (unpaired) electrons. The fourth-order valence-corrected chi connectivity index (χ4v) is 4.47. The number of aromatic nitrogens is 1. The van der Waals surface area contributed by atoms with Gasteiger partial charge in [-0.3, -0.25) is 4.79 Å². The lowest BCUT2D eigenvalue weighted by Gasteiger charge is -2.10. The maximum Gasteiger partial charge on any atom is 0.240 e. The van der Waals surface area contributed by atoms with Crippen LogP contribution in [-0.2, 0) is 21.2 Å². The highest BCUT2D eigenvalue weighted by Crippen LogP contribution is 2.20. The Morgan fingerprint density at radius 2 is 1.84 bits per heavy atom. The average molecular weight is 442 g/mol. The molecule has 0 atom stereocenters. The van der Waals surface area contributed by atoms with Crippen LogP contribution < -0.4 is 10.0 Å². The molecule has 1 heterocycles. The van der Waals surface area contributed by atoms with E-state index >= 15 is 0 Å². The van der Waals surface area contributed by atoms with Gasteiger partial charge in [0.15, 0.2) is 11.7 Å². The van der Waals surface area contributed by atoms with Crippen LogP contribution in [0.5, 0.6) is 0 Å². The van der Waals surface area contributed by atoms with Gasteiger partial charge in [0.1, 0.15) is 0 Å². The molecule has 164 valence electrons. The number of nitrogens with zero attached hydrogens (tertiary/aromatic N) is 1. The lowest BCUT2D eigenvalue weighted by atomic mass is 10.2. The van der Waals surface area contributed by atoms with Gasteiger partial charge in [-0.05, 0) is 37.5 Å². The topological polar surface area (TPSA) is 101 Å². The van der Waals surface area contributed by atoms with Crippen molar-refractivity contribution in [2.75, 3.05) is 13.1 Å². The summed E-state index contributed by atoms with van der Waals surface area (Å²) in [5, 5.41) is 2.73. The first-order chi connectivity index (χ1) is 14.8. The van der Waals surface area contributed by atoms with Crippen LogP contribution in [0.2, 0.25) is 0 Å². The molecule has 3 aromatic rings. The van der Waals surface area contributed by atoms with Gasteiger partial charge in [-0.25, -0.2) is 18.1 Å². The highest BCUT2D eigenvalue weighted by molar-refractivity contribution is 7.89. The number of sulfonamides is 1. The van der Waals surface area contributed by atoms with Crippen LogP contribution >= 0.6 is 0 Å². The number of benzene rings is 2. The Morgan fingerprint density at radius 1 is 1.06 bits per heavy atom. The van der Waals surface area contributed by atoms with Gasteiger partial charge in [-0.15, -0.1) is 0 Å². The molecule has 2 aromatic carbocycles. The standard InChI is InChI=1S/C23H27N3O4S/c1-17-11-12-18(2)21(15-17)31(28,29)26-14-13-24-22(27)9-6-10-23-25-16-20(30-23)19-7-4-3-5-8-19/h3-5,7-8,11-12,15-16,26H,6,9-10,13-14H2,1-2H3,(H,24,27). The maximum atomic E-state index is 12.4. The molecule has 0 saturated carbocycles. The Labute approximate surface area is 183 Å². The Balaban J connectivity index is 1.37. The lowest BCUT2D eigenvalue weighted by molar-refractivity contribution is -0.121. The van der Waals surface area contributed by atoms with E-state index < -0.39 is 10.0 Å². The molecule has 7 nitrogen and oxygen atoms in total. The molecule has 8 heteroatoms. The van der Waals surface area contributed by atoms with E-state index in [2.05, 4.69) is 15.0 Å². The molecule has 1 aromatic heterocycles. The van der Waals surface area contributed by atoms with Crippen molar-refractivity contribution in [2.45, 2.75) is 38.0 Å². The first kappa shape index (κ1) is 22.7. The summed E-state index contributed by atoms with van der Waals surface area (Å²) in [5.74, 6) is 1.16. The van der Waals surface area contributed by atoms with Gasteiger partial charge in [0, 0.05) is 31.5 Å². The number of hydrogen-bond acceptors (Lipinski definition) is 5. The van der Waals surface area contributed by atoms with E-state index in [-0.39, 0.29) is 23.9 Å². The smallest absolute Gasteiger partial charge is 0.240 e. The van der Waals surface area contributed by atoms with Crippen LogP contribution in [0.15, 0.2) is 64.0 Å². The summed E-state index contributed by atoms with van der Waals surface area (Å²) in [4.78, 5) is 16.5. The number of oxazole rings is 1. The minimum atomic E-state index is -3.61. The highest BCUT2D eigenvalue weighted by atomic mass is 32.2. The zero-order valence-electron chi connectivity index (χ0n) is 17.7. The van der Waals surface area contributed by atoms with Gasteiger partial charge in [0.05, 0.1) is 11.1 Å². The fourth-order valence-electron chi connectivity index (χ4n) is 3.11. The van der Waals surface area contributed by atoms with Crippen LogP contribution in [0.4, 0.5) is 0 Å². The molecule has 1 amide bonds. The zero-order chi connectivity index (χ0) is 22.3. The first-order valence-corrected chi connectivity index (χ1v) is 11.7. The van der Waals surface area contributed by atoms with Gasteiger partial charge in [-0.2, -0.15) is 0 Å². The number of amides is 1. The third-order valence-electron chi connectivity index (χ3n) is 4.78. The van der Waals surface area contributed by atoms with E-state index in [1.807, 2.05) is 43.3 Å². The minimum absolute atomic E-state index is 0.127. The van der Waals surface area contributed by atoms with Gasteiger partial charge < -0.3 is 9.73 Å². The van der Waals surface area contributed by atoms with E-state index in [0.717, 1.165) is 11.1 Å². The number of aryl methyl sites for hydroxylation is 3. The van der Waals surface area contributed by atoms with Crippen molar-refractivity contribution < 1.29 is 17.6 Å². The zero-order valence-corrected chi connectivity index (χ0v) is 18.5. The molecule has 0 aliphatic rings. The molecule has 31 heavy (non-hydrogen) atoms. The molecule has 0 bridgehead atoms. The molecule has 0 fully saturated rings. The SMILES string of the molecule is Cc1ccc(C)c(S(=O)(=O)NCCNC(=O)CCCc2ncc(-c3ccccc3)o2)c1. The van der Waals surface area contributed by atoms with Crippen LogP contribution in [0.1, 0.15) is 29.9 Å². The highest BCUT2D eigenvalue weighted by Gasteiger charge is 2.16. The van der Waals surface area contributed by atoms with Crippen molar-refractivity contribution in [3.05, 3.63) is 71.7 Å². The van der Waals surface area contributed by atoms with Gasteiger partial charge in [0.2, 0.25) is 15.9 Å². The minimum Gasteiger partial charge on any atom is -0.441 e. The number of carbonyl (C=O) groups excluding carboxylic acids is 1. The third-order valence-corrected chi connectivity index (χ3v) is 6.38. The Bertz CT molecular complexity index is 1120. The summed E-state index contributed by atoms with van der Waals surface area (Å²) in [5.41, 5.74) is 2.52. The van der Waals surface area contributed by atoms with Crippen molar-refractivity contribution in [1.29, 1.82) is 0 Å². The molecule has 2 N–H and O–H groups in total. The van der Waals surface area contributed by atoms with Crippen LogP contribution in [0.3, 0.4) is 0 Å². The molecule has 3 rings (SSSR count). The largest absolute Gasteiger partial charge is 0.441 e. The molecule has 0 saturated heterocycles. The van der Waals surface area contributed by atoms with E-state index in [0.29, 0.717) is 36.5 Å². The molecule has 0 aliphatic heterocycles. The molecule has 0 spiro atoms. The van der Waals surface area contributed by atoms with Gasteiger partial charge >= 0.3 is 0 Å². The van der Waals surface area contributed by atoms with Gasteiger partial charge in [-0.1, -0.05) is 42.5 Å². The summed E-state index contributed by atoms with van der Waals surface area (Å²) in [6, 6.07) is 15.0. The normalized spacial score (nSPS) is 11.4. The summed E-state index contributed by atoms with van der Waals surface area (Å²) in [6.45, 7) is 3.95.